The third-order valence-corrected chi connectivity index (χ3v) is 9.98. The number of H-pyrrole nitrogens is 1. The molecule has 3 aromatic carbocycles. The van der Waals surface area contributed by atoms with E-state index < -0.39 is 0 Å². The molecule has 0 bridgehead atoms. The maximum Gasteiger partial charge on any atom is 0.266 e. The lowest BCUT2D eigenvalue weighted by Crippen LogP contribution is -2.48. The second-order valence-corrected chi connectivity index (χ2v) is 13.6. The Hall–Kier alpha value is -3.97. The van der Waals surface area contributed by atoms with Crippen molar-refractivity contribution in [2.45, 2.75) is 65.3 Å². The van der Waals surface area contributed by atoms with Crippen molar-refractivity contribution >= 4 is 51.2 Å². The van der Waals surface area contributed by atoms with Crippen LogP contribution in [0.4, 0.5) is 11.4 Å². The van der Waals surface area contributed by atoms with Gasteiger partial charge in [0.25, 0.3) is 5.91 Å². The molecule has 228 valence electrons. The molecule has 44 heavy (non-hydrogen) atoms. The minimum absolute atomic E-state index is 0.000940. The van der Waals surface area contributed by atoms with E-state index in [2.05, 4.69) is 87.1 Å². The van der Waals surface area contributed by atoms with Crippen molar-refractivity contribution in [1.82, 2.24) is 9.88 Å². The Labute approximate surface area is 265 Å². The number of methoxy groups -OCH3 is 1. The normalized spacial score (nSPS) is 19.8. The van der Waals surface area contributed by atoms with Crippen LogP contribution >= 0.6 is 11.8 Å². The summed E-state index contributed by atoms with van der Waals surface area (Å²) in [6, 6.07) is 20.6. The number of aromatic amines is 1. The number of amidine groups is 1. The van der Waals surface area contributed by atoms with Gasteiger partial charge in [0.05, 0.1) is 17.7 Å². The SMILES string of the molecule is CCCN1c2cc(C)c(/C=C3/SC(=Nc4ccc(OC)cc4)N(CCc4c[nH]c5ccccc45)C3=O)cc2C(C)CC1(C)C. The van der Waals surface area contributed by atoms with E-state index in [-0.39, 0.29) is 11.4 Å². The van der Waals surface area contributed by atoms with Gasteiger partial charge in [-0.1, -0.05) is 32.0 Å². The summed E-state index contributed by atoms with van der Waals surface area (Å²) >= 11 is 1.46. The fraction of sp³-hybridized carbons (Fsp3) is 0.351. The number of nitrogens with zero attached hydrogens (tertiary/aromatic N) is 3. The first-order valence-corrected chi connectivity index (χ1v) is 16.4. The molecule has 1 aromatic heterocycles. The third kappa shape index (κ3) is 5.77. The Morgan fingerprint density at radius 3 is 2.64 bits per heavy atom. The molecule has 0 aliphatic carbocycles. The van der Waals surface area contributed by atoms with Crippen molar-refractivity contribution in [3.05, 3.63) is 94.0 Å². The highest BCUT2D eigenvalue weighted by Crippen LogP contribution is 2.45. The zero-order valence-corrected chi connectivity index (χ0v) is 27.4. The lowest BCUT2D eigenvalue weighted by Gasteiger charge is -2.48. The largest absolute Gasteiger partial charge is 0.497 e. The van der Waals surface area contributed by atoms with Gasteiger partial charge in [0.15, 0.2) is 5.17 Å². The second kappa shape index (κ2) is 12.2. The van der Waals surface area contributed by atoms with E-state index in [9.17, 15) is 4.79 Å². The van der Waals surface area contributed by atoms with Crippen molar-refractivity contribution in [1.29, 1.82) is 0 Å². The number of nitrogens with one attached hydrogen (secondary N) is 1. The number of rotatable bonds is 8. The van der Waals surface area contributed by atoms with Gasteiger partial charge in [-0.05, 0) is 129 Å². The van der Waals surface area contributed by atoms with Crippen LogP contribution in [-0.2, 0) is 11.2 Å². The highest BCUT2D eigenvalue weighted by Gasteiger charge is 2.37. The van der Waals surface area contributed by atoms with Crippen LogP contribution in [0.1, 0.15) is 68.7 Å². The number of thioether (sulfide) groups is 1. The number of anilines is 1. The summed E-state index contributed by atoms with van der Waals surface area (Å²) in [7, 11) is 1.65. The Bertz CT molecular complexity index is 1750. The van der Waals surface area contributed by atoms with E-state index in [1.165, 1.54) is 39.5 Å². The van der Waals surface area contributed by atoms with Gasteiger partial charge >= 0.3 is 0 Å². The van der Waals surface area contributed by atoms with Crippen LogP contribution in [0.5, 0.6) is 5.75 Å². The molecule has 2 aliphatic rings. The molecule has 1 saturated heterocycles. The third-order valence-electron chi connectivity index (χ3n) is 8.97. The van der Waals surface area contributed by atoms with Gasteiger partial charge in [-0.15, -0.1) is 0 Å². The fourth-order valence-corrected chi connectivity index (χ4v) is 7.74. The first-order valence-electron chi connectivity index (χ1n) is 15.6. The second-order valence-electron chi connectivity index (χ2n) is 12.6. The lowest BCUT2D eigenvalue weighted by atomic mass is 9.79. The number of amides is 1. The number of aromatic nitrogens is 1. The van der Waals surface area contributed by atoms with Gasteiger partial charge in [0.2, 0.25) is 0 Å². The van der Waals surface area contributed by atoms with Gasteiger partial charge in [-0.3, -0.25) is 9.69 Å². The standard InChI is InChI=1S/C37H42N4O2S/c1-7-17-41-33-19-24(2)27(20-31(33)25(3)22-37(41,4)5)21-34-35(42)40(18-16-26-23-38-32-11-9-8-10-30(26)32)36(44-34)39-28-12-14-29(43-6)15-13-28/h8-15,19-21,23,25,38H,7,16-18,22H2,1-6H3/b34-21+,39-36?. The number of aliphatic imine (C=N–C) groups is 1. The first-order chi connectivity index (χ1) is 21.2. The van der Waals surface area contributed by atoms with Crippen molar-refractivity contribution in [3.63, 3.8) is 0 Å². The monoisotopic (exact) mass is 606 g/mol. The van der Waals surface area contributed by atoms with E-state index in [1.54, 1.807) is 7.11 Å². The number of aryl methyl sites for hydroxylation is 1. The molecule has 6 rings (SSSR count). The molecule has 1 unspecified atom stereocenters. The molecule has 1 N–H and O–H groups in total. The summed E-state index contributed by atoms with van der Waals surface area (Å²) in [6.07, 6.45) is 7.07. The van der Waals surface area contributed by atoms with Crippen LogP contribution in [0, 0.1) is 6.92 Å². The zero-order chi connectivity index (χ0) is 31.0. The first kappa shape index (κ1) is 30.1. The number of ether oxygens (including phenoxy) is 1. The fourth-order valence-electron chi connectivity index (χ4n) is 6.72. The number of hydrogen-bond donors (Lipinski definition) is 1. The van der Waals surface area contributed by atoms with Gasteiger partial charge < -0.3 is 14.6 Å². The quantitative estimate of drug-likeness (QED) is 0.204. The van der Waals surface area contributed by atoms with Crippen LogP contribution in [-0.4, -0.2) is 46.7 Å². The Morgan fingerprint density at radius 2 is 1.89 bits per heavy atom. The molecule has 1 atom stereocenters. The van der Waals surface area contributed by atoms with Gasteiger partial charge in [-0.2, -0.15) is 0 Å². The van der Waals surface area contributed by atoms with Crippen molar-refractivity contribution in [3.8, 4) is 5.75 Å². The minimum atomic E-state index is 0.000940. The zero-order valence-electron chi connectivity index (χ0n) is 26.6. The Balaban J connectivity index is 1.34. The maximum absolute atomic E-state index is 14.0. The van der Waals surface area contributed by atoms with E-state index in [0.29, 0.717) is 22.5 Å². The van der Waals surface area contributed by atoms with Crippen LogP contribution < -0.4 is 9.64 Å². The van der Waals surface area contributed by atoms with Gasteiger partial charge in [0, 0.05) is 41.4 Å². The number of fused-ring (bicyclic) bond motifs is 2. The summed E-state index contributed by atoms with van der Waals surface area (Å²) in [4.78, 5) is 27.5. The van der Waals surface area contributed by atoms with Crippen LogP contribution in [0.2, 0.25) is 0 Å². The molecule has 6 nitrogen and oxygen atoms in total. The average Bonchev–Trinajstić information content (AvgIpc) is 3.55. The summed E-state index contributed by atoms with van der Waals surface area (Å²) in [5, 5.41) is 1.89. The molecular weight excluding hydrogens is 565 g/mol. The van der Waals surface area contributed by atoms with E-state index in [1.807, 2.05) is 35.2 Å². The summed E-state index contributed by atoms with van der Waals surface area (Å²) in [6.45, 7) is 13.0. The molecule has 4 aromatic rings. The summed E-state index contributed by atoms with van der Waals surface area (Å²) in [5.74, 6) is 1.22. The molecule has 7 heteroatoms. The lowest BCUT2D eigenvalue weighted by molar-refractivity contribution is -0.122. The molecule has 2 aliphatic heterocycles. The van der Waals surface area contributed by atoms with Crippen molar-refractivity contribution in [2.24, 2.45) is 4.99 Å². The van der Waals surface area contributed by atoms with Crippen molar-refractivity contribution in [2.75, 3.05) is 25.1 Å². The predicted octanol–water partition coefficient (Wildman–Crippen LogP) is 8.83. The summed E-state index contributed by atoms with van der Waals surface area (Å²) in [5.41, 5.74) is 8.19. The summed E-state index contributed by atoms with van der Waals surface area (Å²) < 4.78 is 5.33. The molecule has 0 spiro atoms. The molecule has 1 amide bonds. The Morgan fingerprint density at radius 1 is 1.11 bits per heavy atom. The predicted molar refractivity (Wildman–Crippen MR) is 185 cm³/mol. The highest BCUT2D eigenvalue weighted by molar-refractivity contribution is 8.18. The molecular formula is C37H42N4O2S. The minimum Gasteiger partial charge on any atom is -0.497 e. The van der Waals surface area contributed by atoms with Gasteiger partial charge in [0.1, 0.15) is 5.75 Å². The maximum atomic E-state index is 14.0. The number of para-hydroxylation sites is 1. The van der Waals surface area contributed by atoms with Crippen molar-refractivity contribution < 1.29 is 9.53 Å². The van der Waals surface area contributed by atoms with Crippen LogP contribution in [0.3, 0.4) is 0 Å². The number of carbonyl (C=O) groups is 1. The number of benzene rings is 3. The van der Waals surface area contributed by atoms with E-state index in [4.69, 9.17) is 9.73 Å². The van der Waals surface area contributed by atoms with Gasteiger partial charge in [-0.25, -0.2) is 4.99 Å². The highest BCUT2D eigenvalue weighted by atomic mass is 32.2. The number of hydrogen-bond acceptors (Lipinski definition) is 5. The smallest absolute Gasteiger partial charge is 0.266 e. The van der Waals surface area contributed by atoms with E-state index >= 15 is 0 Å². The molecule has 3 heterocycles. The Kier molecular flexibility index (Phi) is 8.34. The van der Waals surface area contributed by atoms with Crippen LogP contribution in [0.25, 0.3) is 17.0 Å². The molecule has 0 radical (unpaired) electrons. The van der Waals surface area contributed by atoms with E-state index in [0.717, 1.165) is 48.3 Å². The molecule has 1 fully saturated rings. The number of carbonyl (C=O) groups excluding carboxylic acids is 1. The molecule has 0 saturated carbocycles. The topological polar surface area (TPSA) is 60.9 Å². The van der Waals surface area contributed by atoms with Crippen LogP contribution in [0.15, 0.2) is 76.8 Å². The average molecular weight is 607 g/mol.